The van der Waals surface area contributed by atoms with Gasteiger partial charge in [-0.1, -0.05) is 33.1 Å². The van der Waals surface area contributed by atoms with E-state index in [1.54, 1.807) is 0 Å². The van der Waals surface area contributed by atoms with Crippen LogP contribution in [0.3, 0.4) is 0 Å². The summed E-state index contributed by atoms with van der Waals surface area (Å²) in [5.41, 5.74) is 5.30. The third-order valence-electron chi connectivity index (χ3n) is 3.67. The van der Waals surface area contributed by atoms with Crippen molar-refractivity contribution in [3.63, 3.8) is 0 Å². The maximum absolute atomic E-state index is 11.0. The molecule has 0 aliphatic heterocycles. The average Bonchev–Trinajstić information content (AvgIpc) is 2.21. The minimum Gasteiger partial charge on any atom is -0.368 e. The Kier molecular flexibility index (Phi) is 5.09. The molecule has 0 aromatic carbocycles. The summed E-state index contributed by atoms with van der Waals surface area (Å²) >= 11 is 0. The fourth-order valence-electron chi connectivity index (χ4n) is 2.44. The molecule has 3 unspecified atom stereocenters. The Labute approximate surface area is 92.8 Å². The normalized spacial score (nSPS) is 28.7. The number of rotatable bonds is 5. The summed E-state index contributed by atoms with van der Waals surface area (Å²) in [4.78, 5) is 11.0. The molecule has 15 heavy (non-hydrogen) atoms. The SMILES string of the molecule is CCC(NCC1CCCCC1C)C(N)=O. The van der Waals surface area contributed by atoms with Gasteiger partial charge in [-0.3, -0.25) is 4.79 Å². The van der Waals surface area contributed by atoms with Crippen LogP contribution in [0.5, 0.6) is 0 Å². The van der Waals surface area contributed by atoms with Crippen LogP contribution in [-0.4, -0.2) is 18.5 Å². The Bertz CT molecular complexity index is 206. The molecule has 1 aliphatic carbocycles. The van der Waals surface area contributed by atoms with E-state index in [2.05, 4.69) is 12.2 Å². The zero-order chi connectivity index (χ0) is 11.3. The number of hydrogen-bond acceptors (Lipinski definition) is 2. The van der Waals surface area contributed by atoms with Crippen molar-refractivity contribution < 1.29 is 4.79 Å². The molecular formula is C12H24N2O. The number of amides is 1. The molecule has 1 saturated carbocycles. The standard InChI is InChI=1S/C12H24N2O/c1-3-11(12(13)15)14-8-10-7-5-4-6-9(10)2/h9-11,14H,3-8H2,1-2H3,(H2,13,15). The van der Waals surface area contributed by atoms with Crippen LogP contribution in [0.25, 0.3) is 0 Å². The maximum Gasteiger partial charge on any atom is 0.234 e. The fraction of sp³-hybridized carbons (Fsp3) is 0.917. The van der Waals surface area contributed by atoms with Crippen LogP contribution in [0.1, 0.15) is 46.0 Å². The predicted octanol–water partition coefficient (Wildman–Crippen LogP) is 1.67. The topological polar surface area (TPSA) is 55.1 Å². The van der Waals surface area contributed by atoms with Gasteiger partial charge in [-0.15, -0.1) is 0 Å². The van der Waals surface area contributed by atoms with Gasteiger partial charge in [-0.25, -0.2) is 0 Å². The van der Waals surface area contributed by atoms with E-state index >= 15 is 0 Å². The van der Waals surface area contributed by atoms with Crippen molar-refractivity contribution in [2.75, 3.05) is 6.54 Å². The summed E-state index contributed by atoms with van der Waals surface area (Å²) in [6, 6.07) is -0.140. The van der Waals surface area contributed by atoms with Crippen LogP contribution in [-0.2, 0) is 4.79 Å². The quantitative estimate of drug-likeness (QED) is 0.728. The summed E-state index contributed by atoms with van der Waals surface area (Å²) in [6.45, 7) is 5.26. The number of nitrogens with two attached hydrogens (primary N) is 1. The number of primary amides is 1. The van der Waals surface area contributed by atoms with Crippen molar-refractivity contribution in [1.29, 1.82) is 0 Å². The summed E-state index contributed by atoms with van der Waals surface area (Å²) in [5.74, 6) is 1.30. The summed E-state index contributed by atoms with van der Waals surface area (Å²) < 4.78 is 0. The lowest BCUT2D eigenvalue weighted by molar-refractivity contribution is -0.120. The molecule has 0 radical (unpaired) electrons. The van der Waals surface area contributed by atoms with Gasteiger partial charge in [-0.05, 0) is 31.2 Å². The van der Waals surface area contributed by atoms with Crippen molar-refractivity contribution in [1.82, 2.24) is 5.32 Å². The molecule has 3 atom stereocenters. The van der Waals surface area contributed by atoms with Gasteiger partial charge in [0.1, 0.15) is 0 Å². The molecule has 0 aromatic rings. The van der Waals surface area contributed by atoms with Crippen LogP contribution in [0.4, 0.5) is 0 Å². The lowest BCUT2D eigenvalue weighted by atomic mass is 9.80. The van der Waals surface area contributed by atoms with E-state index in [1.165, 1.54) is 25.7 Å². The molecular weight excluding hydrogens is 188 g/mol. The van der Waals surface area contributed by atoms with Gasteiger partial charge in [0, 0.05) is 0 Å². The first kappa shape index (κ1) is 12.5. The lowest BCUT2D eigenvalue weighted by Gasteiger charge is -2.30. The second-order valence-corrected chi connectivity index (χ2v) is 4.79. The summed E-state index contributed by atoms with van der Waals surface area (Å²) in [7, 11) is 0. The third kappa shape index (κ3) is 3.82. The molecule has 1 aliphatic rings. The first-order valence-corrected chi connectivity index (χ1v) is 6.17. The third-order valence-corrected chi connectivity index (χ3v) is 3.67. The second kappa shape index (κ2) is 6.11. The highest BCUT2D eigenvalue weighted by Gasteiger charge is 2.22. The van der Waals surface area contributed by atoms with E-state index in [0.717, 1.165) is 24.8 Å². The number of carbonyl (C=O) groups excluding carboxylic acids is 1. The van der Waals surface area contributed by atoms with E-state index in [4.69, 9.17) is 5.73 Å². The lowest BCUT2D eigenvalue weighted by Crippen LogP contribution is -2.44. The monoisotopic (exact) mass is 212 g/mol. The van der Waals surface area contributed by atoms with Gasteiger partial charge in [0.15, 0.2) is 0 Å². The van der Waals surface area contributed by atoms with E-state index in [-0.39, 0.29) is 11.9 Å². The molecule has 3 nitrogen and oxygen atoms in total. The minimum absolute atomic E-state index is 0.140. The fourth-order valence-corrected chi connectivity index (χ4v) is 2.44. The second-order valence-electron chi connectivity index (χ2n) is 4.79. The van der Waals surface area contributed by atoms with E-state index in [0.29, 0.717) is 0 Å². The molecule has 1 fully saturated rings. The number of carbonyl (C=O) groups is 1. The molecule has 1 amide bonds. The van der Waals surface area contributed by atoms with Crippen molar-refractivity contribution in [3.8, 4) is 0 Å². The number of hydrogen-bond donors (Lipinski definition) is 2. The van der Waals surface area contributed by atoms with Crippen molar-refractivity contribution in [2.45, 2.75) is 52.0 Å². The molecule has 3 N–H and O–H groups in total. The minimum atomic E-state index is -0.221. The first-order chi connectivity index (χ1) is 7.15. The highest BCUT2D eigenvalue weighted by molar-refractivity contribution is 5.79. The van der Waals surface area contributed by atoms with Crippen LogP contribution >= 0.6 is 0 Å². The van der Waals surface area contributed by atoms with Gasteiger partial charge in [0.25, 0.3) is 0 Å². The molecule has 0 bridgehead atoms. The van der Waals surface area contributed by atoms with Gasteiger partial charge in [0.2, 0.25) is 5.91 Å². The summed E-state index contributed by atoms with van der Waals surface area (Å²) in [6.07, 6.45) is 6.12. The maximum atomic E-state index is 11.0. The Morgan fingerprint density at radius 2 is 2.13 bits per heavy atom. The van der Waals surface area contributed by atoms with E-state index < -0.39 is 0 Å². The molecule has 0 aromatic heterocycles. The molecule has 0 saturated heterocycles. The highest BCUT2D eigenvalue weighted by Crippen LogP contribution is 2.28. The average molecular weight is 212 g/mol. The van der Waals surface area contributed by atoms with Crippen LogP contribution < -0.4 is 11.1 Å². The molecule has 0 spiro atoms. The van der Waals surface area contributed by atoms with Gasteiger partial charge >= 0.3 is 0 Å². The van der Waals surface area contributed by atoms with Crippen LogP contribution in [0.15, 0.2) is 0 Å². The van der Waals surface area contributed by atoms with Crippen LogP contribution in [0, 0.1) is 11.8 Å². The Balaban J connectivity index is 2.31. The smallest absolute Gasteiger partial charge is 0.234 e. The van der Waals surface area contributed by atoms with Crippen molar-refractivity contribution in [3.05, 3.63) is 0 Å². The van der Waals surface area contributed by atoms with Crippen LogP contribution in [0.2, 0.25) is 0 Å². The Morgan fingerprint density at radius 1 is 1.47 bits per heavy atom. The molecule has 0 heterocycles. The van der Waals surface area contributed by atoms with E-state index in [9.17, 15) is 4.79 Å². The van der Waals surface area contributed by atoms with Gasteiger partial charge in [-0.2, -0.15) is 0 Å². The molecule has 88 valence electrons. The van der Waals surface area contributed by atoms with Crippen molar-refractivity contribution in [2.24, 2.45) is 17.6 Å². The Hall–Kier alpha value is -0.570. The summed E-state index contributed by atoms with van der Waals surface area (Å²) in [5, 5.41) is 3.29. The van der Waals surface area contributed by atoms with E-state index in [1.807, 2.05) is 6.92 Å². The first-order valence-electron chi connectivity index (χ1n) is 6.17. The highest BCUT2D eigenvalue weighted by atomic mass is 16.1. The zero-order valence-electron chi connectivity index (χ0n) is 9.96. The number of nitrogens with one attached hydrogen (secondary N) is 1. The Morgan fingerprint density at radius 3 is 2.67 bits per heavy atom. The predicted molar refractivity (Wildman–Crippen MR) is 62.4 cm³/mol. The van der Waals surface area contributed by atoms with Gasteiger partial charge < -0.3 is 11.1 Å². The van der Waals surface area contributed by atoms with Gasteiger partial charge in [0.05, 0.1) is 6.04 Å². The largest absolute Gasteiger partial charge is 0.368 e. The molecule has 3 heteroatoms. The van der Waals surface area contributed by atoms with Crippen molar-refractivity contribution >= 4 is 5.91 Å². The molecule has 1 rings (SSSR count). The zero-order valence-corrected chi connectivity index (χ0v) is 9.96.